The number of nitrogens with one attached hydrogen (secondary N) is 1. The fourth-order valence-electron chi connectivity index (χ4n) is 1.79. The van der Waals surface area contributed by atoms with E-state index < -0.39 is 5.97 Å². The highest BCUT2D eigenvalue weighted by Gasteiger charge is 2.12. The molecule has 5 heteroatoms. The lowest BCUT2D eigenvalue weighted by molar-refractivity contribution is -0.117. The number of rotatable bonds is 6. The number of aryl methyl sites for hydroxylation is 1. The van der Waals surface area contributed by atoms with Crippen LogP contribution in [0.5, 0.6) is 0 Å². The molecule has 0 saturated carbocycles. The van der Waals surface area contributed by atoms with E-state index in [9.17, 15) is 9.59 Å². The monoisotopic (exact) mass is 264 g/mol. The molecule has 4 N–H and O–H groups in total. The van der Waals surface area contributed by atoms with E-state index in [0.29, 0.717) is 18.7 Å². The van der Waals surface area contributed by atoms with Gasteiger partial charge in [0.1, 0.15) is 0 Å². The Morgan fingerprint density at radius 3 is 2.58 bits per heavy atom. The van der Waals surface area contributed by atoms with Crippen LogP contribution in [0.3, 0.4) is 0 Å². The molecule has 1 aromatic rings. The minimum absolute atomic E-state index is 0.0940. The number of carbonyl (C=O) groups is 2. The Hall–Kier alpha value is -1.88. The molecule has 0 saturated heterocycles. The topological polar surface area (TPSA) is 92.4 Å². The van der Waals surface area contributed by atoms with Gasteiger partial charge in [0.2, 0.25) is 5.91 Å². The molecule has 0 bridgehead atoms. The molecule has 0 fully saturated rings. The van der Waals surface area contributed by atoms with Crippen molar-refractivity contribution < 1.29 is 14.7 Å². The Bertz CT molecular complexity index is 468. The first-order valence-electron chi connectivity index (χ1n) is 6.31. The van der Waals surface area contributed by atoms with Crippen molar-refractivity contribution in [1.82, 2.24) is 0 Å². The predicted octanol–water partition coefficient (Wildman–Crippen LogP) is 2.01. The number of nitrogens with two attached hydrogens (primary N) is 1. The third-order valence-corrected chi connectivity index (χ3v) is 3.13. The first-order chi connectivity index (χ1) is 8.97. The SMILES string of the molecule is CCC(CN)CC(=O)Nc1ccc(C(=O)O)cc1C. The molecule has 1 unspecified atom stereocenters. The largest absolute Gasteiger partial charge is 0.478 e. The highest BCUT2D eigenvalue weighted by atomic mass is 16.4. The lowest BCUT2D eigenvalue weighted by atomic mass is 10.0. The van der Waals surface area contributed by atoms with Gasteiger partial charge in [-0.05, 0) is 43.1 Å². The van der Waals surface area contributed by atoms with Crippen LogP contribution in [0.4, 0.5) is 5.69 Å². The number of aromatic carboxylic acids is 1. The van der Waals surface area contributed by atoms with Crippen LogP contribution < -0.4 is 11.1 Å². The molecule has 1 atom stereocenters. The number of amides is 1. The Morgan fingerprint density at radius 1 is 1.42 bits per heavy atom. The van der Waals surface area contributed by atoms with E-state index in [1.54, 1.807) is 13.0 Å². The molecule has 0 heterocycles. The molecule has 0 aliphatic heterocycles. The molecule has 0 spiro atoms. The van der Waals surface area contributed by atoms with Crippen molar-refractivity contribution in [2.75, 3.05) is 11.9 Å². The highest BCUT2D eigenvalue weighted by molar-refractivity contribution is 5.93. The van der Waals surface area contributed by atoms with Crippen LogP contribution in [0.15, 0.2) is 18.2 Å². The number of hydrogen-bond acceptors (Lipinski definition) is 3. The van der Waals surface area contributed by atoms with Crippen molar-refractivity contribution in [1.29, 1.82) is 0 Å². The van der Waals surface area contributed by atoms with Gasteiger partial charge in [0.15, 0.2) is 0 Å². The third kappa shape index (κ3) is 4.37. The third-order valence-electron chi connectivity index (χ3n) is 3.13. The zero-order chi connectivity index (χ0) is 14.4. The van der Waals surface area contributed by atoms with E-state index >= 15 is 0 Å². The van der Waals surface area contributed by atoms with Crippen molar-refractivity contribution in [2.45, 2.75) is 26.7 Å². The van der Waals surface area contributed by atoms with Crippen molar-refractivity contribution in [3.63, 3.8) is 0 Å². The molecule has 0 aliphatic rings. The molecule has 0 aromatic heterocycles. The van der Waals surface area contributed by atoms with Gasteiger partial charge in [-0.1, -0.05) is 13.3 Å². The van der Waals surface area contributed by atoms with Crippen LogP contribution in [0.25, 0.3) is 0 Å². The molecular formula is C14H20N2O3. The van der Waals surface area contributed by atoms with E-state index in [0.717, 1.165) is 12.0 Å². The van der Waals surface area contributed by atoms with Crippen LogP contribution in [0.2, 0.25) is 0 Å². The van der Waals surface area contributed by atoms with Crippen molar-refractivity contribution >= 4 is 17.6 Å². The molecular weight excluding hydrogens is 244 g/mol. The Morgan fingerprint density at radius 2 is 2.11 bits per heavy atom. The van der Waals surface area contributed by atoms with E-state index in [1.807, 2.05) is 6.92 Å². The summed E-state index contributed by atoms with van der Waals surface area (Å²) < 4.78 is 0. The predicted molar refractivity (Wildman–Crippen MR) is 74.2 cm³/mol. The first-order valence-corrected chi connectivity index (χ1v) is 6.31. The lowest BCUT2D eigenvalue weighted by Crippen LogP contribution is -2.22. The second kappa shape index (κ2) is 6.89. The molecule has 1 amide bonds. The summed E-state index contributed by atoms with van der Waals surface area (Å²) in [5, 5.41) is 11.7. The summed E-state index contributed by atoms with van der Waals surface area (Å²) in [6.45, 7) is 4.25. The summed E-state index contributed by atoms with van der Waals surface area (Å²) in [4.78, 5) is 22.6. The Kier molecular flexibility index (Phi) is 5.51. The van der Waals surface area contributed by atoms with Crippen molar-refractivity contribution in [2.24, 2.45) is 11.7 Å². The normalized spacial score (nSPS) is 11.9. The van der Waals surface area contributed by atoms with Crippen LogP contribution in [0, 0.1) is 12.8 Å². The summed E-state index contributed by atoms with van der Waals surface area (Å²) in [7, 11) is 0. The van der Waals surface area contributed by atoms with Crippen LogP contribution in [0.1, 0.15) is 35.7 Å². The summed E-state index contributed by atoms with van der Waals surface area (Å²) in [5.74, 6) is -0.891. The number of anilines is 1. The van der Waals surface area contributed by atoms with Gasteiger partial charge in [0.25, 0.3) is 0 Å². The minimum atomic E-state index is -0.977. The number of carboxylic acids is 1. The van der Waals surface area contributed by atoms with E-state index in [1.165, 1.54) is 12.1 Å². The van der Waals surface area contributed by atoms with Gasteiger partial charge in [-0.15, -0.1) is 0 Å². The number of carboxylic acid groups (broad SMARTS) is 1. The Balaban J connectivity index is 2.72. The molecule has 0 radical (unpaired) electrons. The van der Waals surface area contributed by atoms with Crippen LogP contribution in [-0.4, -0.2) is 23.5 Å². The van der Waals surface area contributed by atoms with Gasteiger partial charge in [-0.25, -0.2) is 4.79 Å². The van der Waals surface area contributed by atoms with Crippen molar-refractivity contribution in [3.8, 4) is 0 Å². The number of hydrogen-bond donors (Lipinski definition) is 3. The fourth-order valence-corrected chi connectivity index (χ4v) is 1.79. The fraction of sp³-hybridized carbons (Fsp3) is 0.429. The summed E-state index contributed by atoms with van der Waals surface area (Å²) in [6, 6.07) is 4.63. The van der Waals surface area contributed by atoms with Gasteiger partial charge >= 0.3 is 5.97 Å². The molecule has 5 nitrogen and oxygen atoms in total. The lowest BCUT2D eigenvalue weighted by Gasteiger charge is -2.13. The van der Waals surface area contributed by atoms with Gasteiger partial charge in [0, 0.05) is 12.1 Å². The van der Waals surface area contributed by atoms with Gasteiger partial charge in [0.05, 0.1) is 5.56 Å². The Labute approximate surface area is 112 Å². The van der Waals surface area contributed by atoms with Crippen LogP contribution in [-0.2, 0) is 4.79 Å². The maximum Gasteiger partial charge on any atom is 0.335 e. The molecule has 104 valence electrons. The highest BCUT2D eigenvalue weighted by Crippen LogP contribution is 2.18. The van der Waals surface area contributed by atoms with E-state index in [2.05, 4.69) is 5.32 Å². The molecule has 1 aromatic carbocycles. The van der Waals surface area contributed by atoms with Crippen LogP contribution >= 0.6 is 0 Å². The van der Waals surface area contributed by atoms with E-state index in [-0.39, 0.29) is 17.4 Å². The second-order valence-corrected chi connectivity index (χ2v) is 4.60. The number of benzene rings is 1. The quantitative estimate of drug-likeness (QED) is 0.732. The molecule has 0 aliphatic carbocycles. The van der Waals surface area contributed by atoms with Crippen molar-refractivity contribution in [3.05, 3.63) is 29.3 Å². The van der Waals surface area contributed by atoms with Gasteiger partial charge < -0.3 is 16.2 Å². The second-order valence-electron chi connectivity index (χ2n) is 4.60. The minimum Gasteiger partial charge on any atom is -0.478 e. The zero-order valence-electron chi connectivity index (χ0n) is 11.3. The average molecular weight is 264 g/mol. The number of carbonyl (C=O) groups excluding carboxylic acids is 1. The average Bonchev–Trinajstić information content (AvgIpc) is 2.38. The standard InChI is InChI=1S/C14H20N2O3/c1-3-10(8-15)7-13(17)16-12-5-4-11(14(18)19)6-9(12)2/h4-6,10H,3,7-8,15H2,1-2H3,(H,16,17)(H,18,19). The maximum atomic E-state index is 11.8. The summed E-state index contributed by atoms with van der Waals surface area (Å²) in [6.07, 6.45) is 1.24. The smallest absolute Gasteiger partial charge is 0.335 e. The zero-order valence-corrected chi connectivity index (χ0v) is 11.3. The van der Waals surface area contributed by atoms with E-state index in [4.69, 9.17) is 10.8 Å². The molecule has 19 heavy (non-hydrogen) atoms. The molecule has 1 rings (SSSR count). The van der Waals surface area contributed by atoms with Gasteiger partial charge in [-0.3, -0.25) is 4.79 Å². The summed E-state index contributed by atoms with van der Waals surface area (Å²) in [5.41, 5.74) is 7.15. The maximum absolute atomic E-state index is 11.8. The first kappa shape index (κ1) is 15.2. The summed E-state index contributed by atoms with van der Waals surface area (Å²) >= 11 is 0. The van der Waals surface area contributed by atoms with Gasteiger partial charge in [-0.2, -0.15) is 0 Å².